The first-order valence-electron chi connectivity index (χ1n) is 10.6. The van der Waals surface area contributed by atoms with E-state index in [9.17, 15) is 4.79 Å². The predicted octanol–water partition coefficient (Wildman–Crippen LogP) is 3.02. The van der Waals surface area contributed by atoms with Crippen LogP contribution in [0, 0.1) is 0 Å². The number of carbonyl (C=O) groups is 1. The number of aromatic nitrogens is 4. The average Bonchev–Trinajstić information content (AvgIpc) is 3.29. The Balaban J connectivity index is 1.34. The molecule has 0 spiro atoms. The second-order valence-corrected chi connectivity index (χ2v) is 7.72. The molecule has 5 rings (SSSR count). The van der Waals surface area contributed by atoms with Gasteiger partial charge in [-0.15, -0.1) is 0 Å². The molecule has 0 saturated carbocycles. The third-order valence-corrected chi connectivity index (χ3v) is 5.88. The molecule has 1 aliphatic heterocycles. The molecule has 0 bridgehead atoms. The second-order valence-electron chi connectivity index (χ2n) is 7.72. The molecule has 2 aromatic carbocycles. The van der Waals surface area contributed by atoms with Crippen LogP contribution in [0.5, 0.6) is 6.01 Å². The van der Waals surface area contributed by atoms with Crippen LogP contribution in [0.4, 0.5) is 5.69 Å². The van der Waals surface area contributed by atoms with E-state index in [1.165, 1.54) is 0 Å². The zero-order chi connectivity index (χ0) is 21.9. The van der Waals surface area contributed by atoms with Gasteiger partial charge in [0, 0.05) is 67.0 Å². The topological polar surface area (TPSA) is 76.4 Å². The predicted molar refractivity (Wildman–Crippen MR) is 123 cm³/mol. The molecule has 1 unspecified atom stereocenters. The summed E-state index contributed by atoms with van der Waals surface area (Å²) >= 11 is 0. The monoisotopic (exact) mass is 428 g/mol. The summed E-state index contributed by atoms with van der Waals surface area (Å²) in [6.07, 6.45) is 6.08. The standard InChI is InChI=1S/C24H24N6O2/c1-32-24-25-14-19(15-26-24)20-7-3-5-9-22(20)28-10-12-29(13-11-28)23(17-31)30-16-18-6-2-4-8-21(18)27-30/h2-9,14-17,23H,10-13H2,1H3. The van der Waals surface area contributed by atoms with E-state index >= 15 is 0 Å². The number of aldehydes is 1. The minimum Gasteiger partial charge on any atom is -0.467 e. The summed E-state index contributed by atoms with van der Waals surface area (Å²) in [7, 11) is 1.56. The summed E-state index contributed by atoms with van der Waals surface area (Å²) in [6.45, 7) is 3.12. The van der Waals surface area contributed by atoms with Crippen molar-refractivity contribution in [2.24, 2.45) is 0 Å². The Labute approximate surface area is 186 Å². The maximum atomic E-state index is 12.0. The van der Waals surface area contributed by atoms with Gasteiger partial charge in [0.05, 0.1) is 12.6 Å². The maximum absolute atomic E-state index is 12.0. The molecule has 0 aliphatic carbocycles. The van der Waals surface area contributed by atoms with Gasteiger partial charge >= 0.3 is 6.01 Å². The molecule has 1 fully saturated rings. The summed E-state index contributed by atoms with van der Waals surface area (Å²) in [4.78, 5) is 25.0. The molecule has 0 radical (unpaired) electrons. The van der Waals surface area contributed by atoms with Crippen molar-refractivity contribution >= 4 is 22.9 Å². The van der Waals surface area contributed by atoms with Crippen molar-refractivity contribution in [1.82, 2.24) is 24.6 Å². The normalized spacial score (nSPS) is 15.6. The number of piperazine rings is 1. The van der Waals surface area contributed by atoms with Gasteiger partial charge in [-0.2, -0.15) is 5.10 Å². The summed E-state index contributed by atoms with van der Waals surface area (Å²) in [5.74, 6) is 0. The van der Waals surface area contributed by atoms with Gasteiger partial charge in [-0.1, -0.05) is 36.4 Å². The van der Waals surface area contributed by atoms with E-state index in [0.717, 1.165) is 60.2 Å². The van der Waals surface area contributed by atoms with E-state index in [-0.39, 0.29) is 0 Å². The lowest BCUT2D eigenvalue weighted by atomic mass is 10.1. The first-order chi connectivity index (χ1) is 15.8. The third kappa shape index (κ3) is 3.80. The van der Waals surface area contributed by atoms with Crippen LogP contribution in [0.15, 0.2) is 67.1 Å². The number of para-hydroxylation sites is 1. The molecule has 1 saturated heterocycles. The van der Waals surface area contributed by atoms with Gasteiger partial charge < -0.3 is 9.64 Å². The lowest BCUT2D eigenvalue weighted by molar-refractivity contribution is -0.115. The van der Waals surface area contributed by atoms with Crippen molar-refractivity contribution in [2.45, 2.75) is 6.17 Å². The van der Waals surface area contributed by atoms with Crippen LogP contribution in [0.25, 0.3) is 22.0 Å². The van der Waals surface area contributed by atoms with Crippen LogP contribution >= 0.6 is 0 Å². The zero-order valence-corrected chi connectivity index (χ0v) is 17.8. The molecule has 8 nitrogen and oxygen atoms in total. The van der Waals surface area contributed by atoms with Crippen molar-refractivity contribution in [3.05, 3.63) is 67.1 Å². The summed E-state index contributed by atoms with van der Waals surface area (Å²) in [6, 6.07) is 16.5. The van der Waals surface area contributed by atoms with Crippen molar-refractivity contribution < 1.29 is 9.53 Å². The molecule has 1 aliphatic rings. The number of fused-ring (bicyclic) bond motifs is 1. The Morgan fingerprint density at radius 3 is 2.41 bits per heavy atom. The van der Waals surface area contributed by atoms with Crippen molar-refractivity contribution in [1.29, 1.82) is 0 Å². The zero-order valence-electron chi connectivity index (χ0n) is 17.8. The Hall–Kier alpha value is -3.78. The molecule has 2 aromatic heterocycles. The number of nitrogens with zero attached hydrogens (tertiary/aromatic N) is 6. The SMILES string of the molecule is COc1ncc(-c2ccccc2N2CCN(C(C=O)n3cc4ccccc4n3)CC2)cn1. The highest BCUT2D eigenvalue weighted by molar-refractivity contribution is 5.79. The number of hydrogen-bond acceptors (Lipinski definition) is 7. The molecule has 0 N–H and O–H groups in total. The van der Waals surface area contributed by atoms with Gasteiger partial charge in [0.2, 0.25) is 0 Å². The average molecular weight is 428 g/mol. The van der Waals surface area contributed by atoms with Crippen LogP contribution in [-0.2, 0) is 4.79 Å². The van der Waals surface area contributed by atoms with Crippen LogP contribution in [0.2, 0.25) is 0 Å². The van der Waals surface area contributed by atoms with Gasteiger partial charge in [-0.3, -0.25) is 9.69 Å². The molecular formula is C24H24N6O2. The quantitative estimate of drug-likeness (QED) is 0.437. The van der Waals surface area contributed by atoms with Crippen LogP contribution in [-0.4, -0.2) is 64.2 Å². The first-order valence-corrected chi connectivity index (χ1v) is 10.6. The third-order valence-electron chi connectivity index (χ3n) is 5.88. The fourth-order valence-corrected chi connectivity index (χ4v) is 4.22. The molecule has 162 valence electrons. The summed E-state index contributed by atoms with van der Waals surface area (Å²) in [5, 5.41) is 5.65. The molecule has 1 atom stereocenters. The van der Waals surface area contributed by atoms with E-state index < -0.39 is 6.17 Å². The fraction of sp³-hybridized carbons (Fsp3) is 0.250. The number of rotatable bonds is 6. The molecule has 0 amide bonds. The van der Waals surface area contributed by atoms with E-state index in [4.69, 9.17) is 4.74 Å². The van der Waals surface area contributed by atoms with Gasteiger partial charge in [0.15, 0.2) is 12.5 Å². The number of hydrogen-bond donors (Lipinski definition) is 0. The Kier molecular flexibility index (Phi) is 5.51. The van der Waals surface area contributed by atoms with Crippen molar-refractivity contribution in [2.75, 3.05) is 38.2 Å². The van der Waals surface area contributed by atoms with Crippen molar-refractivity contribution in [3.63, 3.8) is 0 Å². The van der Waals surface area contributed by atoms with E-state index in [1.807, 2.05) is 42.6 Å². The molecular weight excluding hydrogens is 404 g/mol. The number of methoxy groups -OCH3 is 1. The van der Waals surface area contributed by atoms with Crippen LogP contribution < -0.4 is 9.64 Å². The smallest absolute Gasteiger partial charge is 0.316 e. The largest absolute Gasteiger partial charge is 0.467 e. The Morgan fingerprint density at radius 2 is 1.69 bits per heavy atom. The maximum Gasteiger partial charge on any atom is 0.316 e. The minimum absolute atomic E-state index is 0.353. The number of anilines is 1. The molecule has 4 aromatic rings. The highest BCUT2D eigenvalue weighted by atomic mass is 16.5. The van der Waals surface area contributed by atoms with E-state index in [2.05, 4.69) is 37.0 Å². The lowest BCUT2D eigenvalue weighted by Crippen LogP contribution is -2.49. The van der Waals surface area contributed by atoms with Gasteiger partial charge in [0.1, 0.15) is 0 Å². The number of benzene rings is 2. The summed E-state index contributed by atoms with van der Waals surface area (Å²) < 4.78 is 6.85. The molecule has 8 heteroatoms. The lowest BCUT2D eigenvalue weighted by Gasteiger charge is -2.39. The van der Waals surface area contributed by atoms with Gasteiger partial charge in [-0.05, 0) is 12.1 Å². The van der Waals surface area contributed by atoms with Crippen molar-refractivity contribution in [3.8, 4) is 17.1 Å². The first kappa shape index (κ1) is 20.1. The van der Waals surface area contributed by atoms with Gasteiger partial charge in [-0.25, -0.2) is 14.6 Å². The number of carbonyl (C=O) groups excluding carboxylic acids is 1. The van der Waals surface area contributed by atoms with Crippen LogP contribution in [0.3, 0.4) is 0 Å². The molecule has 32 heavy (non-hydrogen) atoms. The second kappa shape index (κ2) is 8.76. The van der Waals surface area contributed by atoms with Gasteiger partial charge in [0.25, 0.3) is 0 Å². The van der Waals surface area contributed by atoms with Crippen LogP contribution in [0.1, 0.15) is 6.17 Å². The van der Waals surface area contributed by atoms with E-state index in [1.54, 1.807) is 24.2 Å². The highest BCUT2D eigenvalue weighted by Crippen LogP contribution is 2.31. The summed E-state index contributed by atoms with van der Waals surface area (Å²) in [5.41, 5.74) is 4.05. The Morgan fingerprint density at radius 1 is 0.969 bits per heavy atom. The Bertz CT molecular complexity index is 1180. The molecule has 3 heterocycles. The fourth-order valence-electron chi connectivity index (χ4n) is 4.22. The highest BCUT2D eigenvalue weighted by Gasteiger charge is 2.26. The number of ether oxygens (including phenoxy) is 1. The minimum atomic E-state index is -0.408. The van der Waals surface area contributed by atoms with E-state index in [0.29, 0.717) is 6.01 Å².